The Bertz CT molecular complexity index is 1290. The summed E-state index contributed by atoms with van der Waals surface area (Å²) < 4.78 is 36.0. The second-order valence-electron chi connectivity index (χ2n) is 6.23. The van der Waals surface area contributed by atoms with Gasteiger partial charge in [0.1, 0.15) is 5.75 Å². The fourth-order valence-corrected chi connectivity index (χ4v) is 3.81. The molecule has 0 aliphatic rings. The Morgan fingerprint density at radius 3 is 2.76 bits per heavy atom. The van der Waals surface area contributed by atoms with E-state index in [-0.39, 0.29) is 22.7 Å². The number of aromatic nitrogens is 2. The van der Waals surface area contributed by atoms with Gasteiger partial charge < -0.3 is 19.5 Å². The van der Waals surface area contributed by atoms with E-state index in [2.05, 4.69) is 10.1 Å². The lowest BCUT2D eigenvalue weighted by atomic mass is 10.1. The quantitative estimate of drug-likeness (QED) is 0.499. The number of pyridine rings is 1. The van der Waals surface area contributed by atoms with Crippen LogP contribution in [0, 0.1) is 6.92 Å². The van der Waals surface area contributed by atoms with Crippen LogP contribution in [-0.4, -0.2) is 31.9 Å². The highest BCUT2D eigenvalue weighted by Gasteiger charge is 2.23. The van der Waals surface area contributed by atoms with Crippen molar-refractivity contribution >= 4 is 50.6 Å². The molecule has 2 heterocycles. The first kappa shape index (κ1) is 18.8. The van der Waals surface area contributed by atoms with E-state index in [9.17, 15) is 13.6 Å². The number of rotatable bonds is 5. The molecular formula is C19H15N4O5S-. The van der Waals surface area contributed by atoms with E-state index >= 15 is 0 Å². The van der Waals surface area contributed by atoms with Gasteiger partial charge in [0.25, 0.3) is 0 Å². The number of aryl methyl sites for hydroxylation is 1. The summed E-state index contributed by atoms with van der Waals surface area (Å²) in [4.78, 5) is 15.9. The van der Waals surface area contributed by atoms with Crippen molar-refractivity contribution in [2.24, 2.45) is 5.73 Å². The molecule has 0 bridgehead atoms. The summed E-state index contributed by atoms with van der Waals surface area (Å²) >= 11 is -2.74. The van der Waals surface area contributed by atoms with Gasteiger partial charge in [0.2, 0.25) is 5.91 Å². The summed E-state index contributed by atoms with van der Waals surface area (Å²) in [6.45, 7) is 1.69. The van der Waals surface area contributed by atoms with Gasteiger partial charge in [0.15, 0.2) is 11.4 Å². The van der Waals surface area contributed by atoms with E-state index in [1.165, 1.54) is 13.2 Å². The maximum atomic E-state index is 12.2. The summed E-state index contributed by atoms with van der Waals surface area (Å²) in [6, 6.07) is 9.79. The average molecular weight is 411 g/mol. The number of primary amides is 1. The molecule has 10 heteroatoms. The molecule has 0 fully saturated rings. The van der Waals surface area contributed by atoms with Gasteiger partial charge in [0, 0.05) is 17.1 Å². The smallest absolute Gasteiger partial charge is 0.249 e. The van der Waals surface area contributed by atoms with E-state index < -0.39 is 17.2 Å². The Hall–Kier alpha value is -3.50. The number of hydrogen-bond acceptors (Lipinski definition) is 7. The average Bonchev–Trinajstić information content (AvgIpc) is 3.09. The number of hydrogen-bond donors (Lipinski definition) is 1. The van der Waals surface area contributed by atoms with Gasteiger partial charge in [0.05, 0.1) is 35.0 Å². The van der Waals surface area contributed by atoms with Gasteiger partial charge in [-0.05, 0) is 48.9 Å². The van der Waals surface area contributed by atoms with E-state index in [0.29, 0.717) is 27.6 Å². The lowest BCUT2D eigenvalue weighted by molar-refractivity contribution is 0.0999. The number of methoxy groups -OCH3 is 1. The van der Waals surface area contributed by atoms with Crippen LogP contribution in [0.5, 0.6) is 5.75 Å². The van der Waals surface area contributed by atoms with Crippen LogP contribution in [0.3, 0.4) is 0 Å². The molecule has 0 radical (unpaired) electrons. The van der Waals surface area contributed by atoms with Crippen molar-refractivity contribution in [3.8, 4) is 5.75 Å². The number of nitrogens with two attached hydrogens (primary N) is 1. The van der Waals surface area contributed by atoms with Gasteiger partial charge in [-0.2, -0.15) is 0 Å². The van der Waals surface area contributed by atoms with Crippen LogP contribution >= 0.6 is 0 Å². The third kappa shape index (κ3) is 3.08. The first-order chi connectivity index (χ1) is 13.9. The van der Waals surface area contributed by atoms with Crippen molar-refractivity contribution in [2.45, 2.75) is 6.92 Å². The second kappa shape index (κ2) is 7.15. The third-order valence-corrected chi connectivity index (χ3v) is 5.22. The van der Waals surface area contributed by atoms with Crippen molar-refractivity contribution < 1.29 is 22.8 Å². The van der Waals surface area contributed by atoms with Crippen LogP contribution in [0.15, 0.2) is 47.1 Å². The minimum absolute atomic E-state index is 0.0459. The van der Waals surface area contributed by atoms with Gasteiger partial charge >= 0.3 is 0 Å². The molecule has 1 atom stereocenters. The molecule has 2 N–H and O–H groups in total. The van der Waals surface area contributed by atoms with Crippen LogP contribution in [0.25, 0.3) is 21.9 Å². The van der Waals surface area contributed by atoms with Gasteiger partial charge in [-0.25, -0.2) is 4.31 Å². The topological polar surface area (TPSA) is 135 Å². The normalized spacial score (nSPS) is 12.2. The summed E-state index contributed by atoms with van der Waals surface area (Å²) in [5.74, 6) is -0.0121. The Kier molecular flexibility index (Phi) is 4.65. The Morgan fingerprint density at radius 1 is 1.28 bits per heavy atom. The molecule has 0 aliphatic heterocycles. The second-order valence-corrected chi connectivity index (χ2v) is 7.03. The molecule has 0 saturated carbocycles. The Balaban J connectivity index is 1.98. The van der Waals surface area contributed by atoms with Crippen LogP contribution < -0.4 is 14.8 Å². The number of amides is 1. The number of anilines is 2. The summed E-state index contributed by atoms with van der Waals surface area (Å²) in [6.07, 6.45) is 1.56. The number of carbonyl (C=O) groups excluding carboxylic acids is 1. The molecule has 0 aliphatic carbocycles. The lowest BCUT2D eigenvalue weighted by Crippen LogP contribution is -2.20. The number of fused-ring (bicyclic) bond motifs is 2. The molecule has 4 rings (SSSR count). The molecular weight excluding hydrogens is 396 g/mol. The zero-order valence-corrected chi connectivity index (χ0v) is 16.2. The first-order valence-corrected chi connectivity index (χ1v) is 9.46. The Morgan fingerprint density at radius 2 is 2.07 bits per heavy atom. The monoisotopic (exact) mass is 411 g/mol. The predicted octanol–water partition coefficient (Wildman–Crippen LogP) is 2.72. The predicted molar refractivity (Wildman–Crippen MR) is 107 cm³/mol. The highest BCUT2D eigenvalue weighted by molar-refractivity contribution is 7.81. The highest BCUT2D eigenvalue weighted by atomic mass is 32.2. The molecule has 0 saturated heterocycles. The summed E-state index contributed by atoms with van der Waals surface area (Å²) in [5, 5.41) is 4.99. The number of ether oxygens (including phenoxy) is 1. The van der Waals surface area contributed by atoms with Gasteiger partial charge in [-0.1, -0.05) is 5.16 Å². The maximum absolute atomic E-state index is 12.2. The largest absolute Gasteiger partial charge is 0.755 e. The summed E-state index contributed by atoms with van der Waals surface area (Å²) in [5.41, 5.74) is 7.14. The van der Waals surface area contributed by atoms with Crippen molar-refractivity contribution in [3.63, 3.8) is 0 Å². The molecule has 1 unspecified atom stereocenters. The van der Waals surface area contributed by atoms with Crippen LogP contribution in [0.1, 0.15) is 15.9 Å². The lowest BCUT2D eigenvalue weighted by Gasteiger charge is -2.25. The minimum Gasteiger partial charge on any atom is -0.755 e. The molecule has 2 aromatic carbocycles. The number of carbonyl (C=O) groups is 1. The highest BCUT2D eigenvalue weighted by Crippen LogP contribution is 2.39. The molecule has 148 valence electrons. The van der Waals surface area contributed by atoms with Crippen molar-refractivity contribution in [1.29, 1.82) is 0 Å². The molecule has 4 aromatic rings. The molecule has 1 amide bonds. The molecule has 2 aromatic heterocycles. The maximum Gasteiger partial charge on any atom is 0.249 e. The van der Waals surface area contributed by atoms with Crippen molar-refractivity contribution in [3.05, 3.63) is 53.7 Å². The van der Waals surface area contributed by atoms with Gasteiger partial charge in [-0.3, -0.25) is 14.0 Å². The number of benzene rings is 2. The zero-order chi connectivity index (χ0) is 20.7. The molecule has 0 spiro atoms. The minimum atomic E-state index is -2.74. The standard InChI is InChI=1S/C19H16N4O5S/c1-10-8-13-16(9-12(10)18(20)24)28-22-19(13)23(29(25)26)14-5-6-15(27-2)11-4-3-7-21-17(11)14/h3-9H,1-2H3,(H2,20,24)(H,25,26)/p-1. The zero-order valence-electron chi connectivity index (χ0n) is 15.4. The first-order valence-electron chi connectivity index (χ1n) is 8.43. The van der Waals surface area contributed by atoms with Crippen molar-refractivity contribution in [1.82, 2.24) is 10.1 Å². The Labute approximate surface area is 167 Å². The van der Waals surface area contributed by atoms with Gasteiger partial charge in [-0.15, -0.1) is 0 Å². The fourth-order valence-electron chi connectivity index (χ4n) is 3.23. The molecule has 29 heavy (non-hydrogen) atoms. The van der Waals surface area contributed by atoms with E-state index in [4.69, 9.17) is 15.0 Å². The van der Waals surface area contributed by atoms with E-state index in [1.54, 1.807) is 43.5 Å². The summed E-state index contributed by atoms with van der Waals surface area (Å²) in [7, 11) is 1.52. The SMILES string of the molecule is COc1ccc(N(c2noc3cc(C(N)=O)c(C)cc23)S(=O)[O-])c2ncccc12. The van der Waals surface area contributed by atoms with Crippen molar-refractivity contribution in [2.75, 3.05) is 11.4 Å². The van der Waals surface area contributed by atoms with Crippen LogP contribution in [0.2, 0.25) is 0 Å². The molecule has 9 nitrogen and oxygen atoms in total. The fraction of sp³-hybridized carbons (Fsp3) is 0.105. The van der Waals surface area contributed by atoms with Crippen LogP contribution in [-0.2, 0) is 11.3 Å². The van der Waals surface area contributed by atoms with Crippen LogP contribution in [0.4, 0.5) is 11.5 Å². The van der Waals surface area contributed by atoms with E-state index in [1.807, 2.05) is 0 Å². The van der Waals surface area contributed by atoms with E-state index in [0.717, 1.165) is 4.31 Å². The third-order valence-electron chi connectivity index (χ3n) is 4.55. The number of nitrogens with zero attached hydrogens (tertiary/aromatic N) is 3.